The minimum Gasteiger partial charge on any atom is -0.505 e. The van der Waals surface area contributed by atoms with E-state index in [4.69, 9.17) is 5.11 Å². The Hall–Kier alpha value is -2.63. The monoisotopic (exact) mass is 264 g/mol. The van der Waals surface area contributed by atoms with E-state index in [-0.39, 0.29) is 11.4 Å². The molecule has 0 radical (unpaired) electrons. The molecule has 0 saturated carbocycles. The summed E-state index contributed by atoms with van der Waals surface area (Å²) in [5, 5.41) is 13.6. The van der Waals surface area contributed by atoms with Gasteiger partial charge in [-0.2, -0.15) is 0 Å². The number of benzene rings is 2. The Bertz CT molecular complexity index is 617. The number of phenols is 1. The Morgan fingerprint density at radius 2 is 1.74 bits per heavy atom. The molecule has 2 rings (SSSR count). The smallest absolute Gasteiger partial charge is 0.323 e. The zero-order valence-electron chi connectivity index (χ0n) is 9.65. The minimum atomic E-state index is -0.858. The molecule has 98 valence electrons. The molecule has 19 heavy (non-hydrogen) atoms. The van der Waals surface area contributed by atoms with Crippen molar-refractivity contribution in [2.24, 2.45) is 0 Å². The van der Waals surface area contributed by atoms with Gasteiger partial charge in [-0.1, -0.05) is 12.1 Å². The lowest BCUT2D eigenvalue weighted by Gasteiger charge is -2.08. The van der Waals surface area contributed by atoms with E-state index in [2.05, 4.69) is 10.6 Å². The molecule has 0 aliphatic carbocycles. The zero-order valence-corrected chi connectivity index (χ0v) is 9.65. The Morgan fingerprint density at radius 1 is 1.00 bits per heavy atom. The fourth-order valence-corrected chi connectivity index (χ4v) is 1.43. The first-order valence-corrected chi connectivity index (χ1v) is 5.37. The maximum Gasteiger partial charge on any atom is 0.323 e. The van der Waals surface area contributed by atoms with Crippen LogP contribution in [0, 0.1) is 11.6 Å². The highest BCUT2D eigenvalue weighted by molar-refractivity contribution is 5.99. The van der Waals surface area contributed by atoms with Crippen LogP contribution in [0.1, 0.15) is 0 Å². The molecule has 4 nitrogen and oxygen atoms in total. The van der Waals surface area contributed by atoms with E-state index in [1.807, 2.05) is 0 Å². The average molecular weight is 264 g/mol. The maximum atomic E-state index is 13.3. The van der Waals surface area contributed by atoms with Gasteiger partial charge in [0.15, 0.2) is 11.6 Å². The van der Waals surface area contributed by atoms with E-state index < -0.39 is 23.4 Å². The average Bonchev–Trinajstić information content (AvgIpc) is 2.37. The van der Waals surface area contributed by atoms with E-state index in [1.54, 1.807) is 6.07 Å². The van der Waals surface area contributed by atoms with Crippen LogP contribution in [-0.4, -0.2) is 11.1 Å². The number of hydrogen-bond acceptors (Lipinski definition) is 2. The van der Waals surface area contributed by atoms with Crippen molar-refractivity contribution in [1.29, 1.82) is 0 Å². The van der Waals surface area contributed by atoms with Gasteiger partial charge in [0.2, 0.25) is 0 Å². The number of carbonyl (C=O) groups excluding carboxylic acids is 1. The van der Waals surface area contributed by atoms with Gasteiger partial charge in [-0.3, -0.25) is 0 Å². The van der Waals surface area contributed by atoms with Crippen LogP contribution in [0.2, 0.25) is 0 Å². The number of phenolic OH excluding ortho intramolecular Hbond substituents is 1. The van der Waals surface area contributed by atoms with E-state index in [0.717, 1.165) is 12.1 Å². The number of hydrogen-bond donors (Lipinski definition) is 3. The second-order valence-electron chi connectivity index (χ2n) is 3.73. The quantitative estimate of drug-likeness (QED) is 0.729. The Balaban J connectivity index is 2.05. The summed E-state index contributed by atoms with van der Waals surface area (Å²) in [5.74, 6) is -1.95. The number of rotatable bonds is 2. The molecule has 0 bridgehead atoms. The number of carbonyl (C=O) groups is 1. The van der Waals surface area contributed by atoms with E-state index in [1.165, 1.54) is 24.3 Å². The van der Waals surface area contributed by atoms with Crippen LogP contribution < -0.4 is 10.6 Å². The lowest BCUT2D eigenvalue weighted by molar-refractivity contribution is 0.262. The van der Waals surface area contributed by atoms with E-state index >= 15 is 0 Å². The van der Waals surface area contributed by atoms with Gasteiger partial charge in [0.05, 0.1) is 5.69 Å². The summed E-state index contributed by atoms with van der Waals surface area (Å²) < 4.78 is 26.3. The second-order valence-corrected chi connectivity index (χ2v) is 3.73. The molecule has 2 aromatic rings. The molecule has 0 aromatic heterocycles. The van der Waals surface area contributed by atoms with Crippen molar-refractivity contribution < 1.29 is 18.7 Å². The van der Waals surface area contributed by atoms with Crippen molar-refractivity contribution in [1.82, 2.24) is 0 Å². The second kappa shape index (κ2) is 5.34. The minimum absolute atomic E-state index is 0.0132. The molecule has 0 aliphatic heterocycles. The van der Waals surface area contributed by atoms with Gasteiger partial charge in [-0.25, -0.2) is 13.6 Å². The fourth-order valence-electron chi connectivity index (χ4n) is 1.43. The van der Waals surface area contributed by atoms with Crippen molar-refractivity contribution in [2.45, 2.75) is 0 Å². The summed E-state index contributed by atoms with van der Waals surface area (Å²) in [6, 6.07) is 8.33. The molecule has 0 spiro atoms. The predicted octanol–water partition coefficient (Wildman–Crippen LogP) is 3.31. The highest BCUT2D eigenvalue weighted by Crippen LogP contribution is 2.19. The molecule has 0 saturated heterocycles. The van der Waals surface area contributed by atoms with Crippen LogP contribution in [0.4, 0.5) is 25.0 Å². The zero-order chi connectivity index (χ0) is 13.8. The van der Waals surface area contributed by atoms with Crippen molar-refractivity contribution in [3.8, 4) is 5.75 Å². The Labute approximate surface area is 107 Å². The van der Waals surface area contributed by atoms with Gasteiger partial charge in [0.1, 0.15) is 5.82 Å². The van der Waals surface area contributed by atoms with Crippen LogP contribution in [0.3, 0.4) is 0 Å². The van der Waals surface area contributed by atoms with Crippen molar-refractivity contribution in [3.63, 3.8) is 0 Å². The summed E-state index contributed by atoms with van der Waals surface area (Å²) in [5.41, 5.74) is 0.156. The van der Waals surface area contributed by atoms with E-state index in [0.29, 0.717) is 0 Å². The number of aromatic hydroxyl groups is 1. The lowest BCUT2D eigenvalue weighted by Crippen LogP contribution is -2.20. The first-order valence-electron chi connectivity index (χ1n) is 5.37. The van der Waals surface area contributed by atoms with Gasteiger partial charge in [-0.15, -0.1) is 0 Å². The van der Waals surface area contributed by atoms with Gasteiger partial charge in [-0.05, 0) is 24.3 Å². The van der Waals surface area contributed by atoms with Crippen LogP contribution in [-0.2, 0) is 0 Å². The predicted molar refractivity (Wildman–Crippen MR) is 67.1 cm³/mol. The highest BCUT2D eigenvalue weighted by Gasteiger charge is 2.08. The summed E-state index contributed by atoms with van der Waals surface area (Å²) in [7, 11) is 0. The summed E-state index contributed by atoms with van der Waals surface area (Å²) in [6.45, 7) is 0. The van der Waals surface area contributed by atoms with Crippen LogP contribution in [0.25, 0.3) is 0 Å². The molecule has 0 atom stereocenters. The van der Waals surface area contributed by atoms with Crippen LogP contribution in [0.5, 0.6) is 5.75 Å². The number of halogens is 2. The lowest BCUT2D eigenvalue weighted by atomic mass is 10.3. The normalized spacial score (nSPS) is 10.0. The highest BCUT2D eigenvalue weighted by atomic mass is 19.1. The first-order chi connectivity index (χ1) is 9.06. The molecule has 2 aromatic carbocycles. The van der Waals surface area contributed by atoms with Gasteiger partial charge in [0, 0.05) is 11.8 Å². The SMILES string of the molecule is O=C(Nc1ccc(O)c(F)c1)Nc1ccccc1F. The third-order valence-corrected chi connectivity index (χ3v) is 2.33. The van der Waals surface area contributed by atoms with Crippen molar-refractivity contribution >= 4 is 17.4 Å². The van der Waals surface area contributed by atoms with Gasteiger partial charge < -0.3 is 15.7 Å². The molecule has 3 N–H and O–H groups in total. The topological polar surface area (TPSA) is 61.4 Å². The van der Waals surface area contributed by atoms with Gasteiger partial charge >= 0.3 is 6.03 Å². The summed E-state index contributed by atoms with van der Waals surface area (Å²) in [4.78, 5) is 11.6. The number of nitrogens with one attached hydrogen (secondary N) is 2. The molecule has 0 fully saturated rings. The maximum absolute atomic E-state index is 13.3. The summed E-state index contributed by atoms with van der Waals surface area (Å²) >= 11 is 0. The molecular weight excluding hydrogens is 254 g/mol. The molecule has 6 heteroatoms. The van der Waals surface area contributed by atoms with E-state index in [9.17, 15) is 13.6 Å². The Morgan fingerprint density at radius 3 is 2.42 bits per heavy atom. The number of urea groups is 1. The van der Waals surface area contributed by atoms with Crippen LogP contribution >= 0.6 is 0 Å². The largest absolute Gasteiger partial charge is 0.505 e. The molecular formula is C13H10F2N2O2. The van der Waals surface area contributed by atoms with Gasteiger partial charge in [0.25, 0.3) is 0 Å². The first kappa shape index (κ1) is 12.8. The molecule has 0 unspecified atom stereocenters. The molecule has 2 amide bonds. The van der Waals surface area contributed by atoms with Crippen LogP contribution in [0.15, 0.2) is 42.5 Å². The van der Waals surface area contributed by atoms with Crippen molar-refractivity contribution in [3.05, 3.63) is 54.1 Å². The molecule has 0 aliphatic rings. The number of para-hydroxylation sites is 1. The standard InChI is InChI=1S/C13H10F2N2O2/c14-9-3-1-2-4-11(9)17-13(19)16-8-5-6-12(18)10(15)7-8/h1-7,18H,(H2,16,17,19). The Kier molecular flexibility index (Phi) is 3.61. The van der Waals surface area contributed by atoms with Crippen molar-refractivity contribution in [2.75, 3.05) is 10.6 Å². The number of amides is 2. The summed E-state index contributed by atoms with van der Waals surface area (Å²) in [6.07, 6.45) is 0. The number of anilines is 2. The fraction of sp³-hybridized carbons (Fsp3) is 0. The third-order valence-electron chi connectivity index (χ3n) is 2.33. The molecule has 0 heterocycles. The third kappa shape index (κ3) is 3.19.